The van der Waals surface area contributed by atoms with Crippen molar-refractivity contribution < 1.29 is 19.1 Å². The molecule has 0 spiro atoms. The van der Waals surface area contributed by atoms with Crippen LogP contribution in [-0.4, -0.2) is 42.8 Å². The minimum absolute atomic E-state index is 0.0810. The Balaban J connectivity index is 1.69. The summed E-state index contributed by atoms with van der Waals surface area (Å²) in [5, 5.41) is 8.17. The van der Waals surface area contributed by atoms with Gasteiger partial charge in [0.05, 0.1) is 19.3 Å². The van der Waals surface area contributed by atoms with Gasteiger partial charge in [0, 0.05) is 26.3 Å². The summed E-state index contributed by atoms with van der Waals surface area (Å²) in [6, 6.07) is 5.46. The molecule has 7 nitrogen and oxygen atoms in total. The second-order valence-electron chi connectivity index (χ2n) is 5.92. The quantitative estimate of drug-likeness (QED) is 0.913. The van der Waals surface area contributed by atoms with Crippen LogP contribution in [0.3, 0.4) is 0 Å². The summed E-state index contributed by atoms with van der Waals surface area (Å²) < 4.78 is 11.3. The van der Waals surface area contributed by atoms with Crippen LogP contribution in [0.15, 0.2) is 23.3 Å². The molecule has 0 radical (unpaired) electrons. The van der Waals surface area contributed by atoms with Crippen molar-refractivity contribution in [3.8, 4) is 11.5 Å². The Morgan fingerprint density at radius 3 is 2.75 bits per heavy atom. The largest absolute Gasteiger partial charge is 0.490 e. The number of nitrogens with zero attached hydrogens (tertiary/aromatic N) is 2. The summed E-state index contributed by atoms with van der Waals surface area (Å²) in [6.45, 7) is 3.16. The lowest BCUT2D eigenvalue weighted by molar-refractivity contribution is -0.130. The molecule has 128 valence electrons. The normalized spacial score (nSPS) is 18.5. The Kier molecular flexibility index (Phi) is 4.69. The predicted molar refractivity (Wildman–Crippen MR) is 88.0 cm³/mol. The van der Waals surface area contributed by atoms with E-state index in [0.29, 0.717) is 37.5 Å². The molecule has 2 aliphatic heterocycles. The molecule has 2 amide bonds. The van der Waals surface area contributed by atoms with E-state index in [0.717, 1.165) is 17.7 Å². The molecule has 1 aromatic rings. The number of amides is 2. The van der Waals surface area contributed by atoms with Crippen molar-refractivity contribution in [3.63, 3.8) is 0 Å². The molecular weight excluding hydrogens is 310 g/mol. The maximum atomic E-state index is 12.3. The van der Waals surface area contributed by atoms with Gasteiger partial charge in [-0.05, 0) is 24.6 Å². The summed E-state index contributed by atoms with van der Waals surface area (Å²) >= 11 is 0. The Morgan fingerprint density at radius 2 is 2.00 bits per heavy atom. The minimum Gasteiger partial charge on any atom is -0.490 e. The van der Waals surface area contributed by atoms with Gasteiger partial charge in [0.25, 0.3) is 5.91 Å². The fourth-order valence-electron chi connectivity index (χ4n) is 2.65. The maximum Gasteiger partial charge on any atom is 0.267 e. The van der Waals surface area contributed by atoms with E-state index >= 15 is 0 Å². The van der Waals surface area contributed by atoms with E-state index in [1.54, 1.807) is 7.05 Å². The maximum absolute atomic E-state index is 12.3. The molecule has 0 aromatic heterocycles. The van der Waals surface area contributed by atoms with Crippen LogP contribution in [0, 0.1) is 0 Å². The Morgan fingerprint density at radius 1 is 1.25 bits per heavy atom. The molecule has 1 aromatic carbocycles. The second-order valence-corrected chi connectivity index (χ2v) is 5.92. The summed E-state index contributed by atoms with van der Waals surface area (Å²) in [7, 11) is 1.56. The van der Waals surface area contributed by atoms with E-state index in [1.165, 1.54) is 5.01 Å². The van der Waals surface area contributed by atoms with Crippen molar-refractivity contribution in [2.24, 2.45) is 5.10 Å². The van der Waals surface area contributed by atoms with Crippen LogP contribution in [0.2, 0.25) is 0 Å². The molecule has 0 fully saturated rings. The summed E-state index contributed by atoms with van der Waals surface area (Å²) in [5.41, 5.74) is 1.30. The molecular formula is C17H21N3O4. The van der Waals surface area contributed by atoms with Gasteiger partial charge in [-0.2, -0.15) is 5.10 Å². The number of nitrogens with one attached hydrogen (secondary N) is 1. The van der Waals surface area contributed by atoms with Crippen LogP contribution in [0.1, 0.15) is 37.8 Å². The Bertz CT molecular complexity index is 686. The first-order valence-corrected chi connectivity index (χ1v) is 8.09. The van der Waals surface area contributed by atoms with Crippen molar-refractivity contribution in [2.75, 3.05) is 20.3 Å². The van der Waals surface area contributed by atoms with Crippen molar-refractivity contribution >= 4 is 17.5 Å². The zero-order valence-corrected chi connectivity index (χ0v) is 13.9. The number of carbonyl (C=O) groups excluding carboxylic acids is 2. The van der Waals surface area contributed by atoms with E-state index in [-0.39, 0.29) is 17.9 Å². The van der Waals surface area contributed by atoms with Gasteiger partial charge < -0.3 is 14.8 Å². The van der Waals surface area contributed by atoms with Crippen molar-refractivity contribution in [3.05, 3.63) is 23.8 Å². The SMILES string of the molecule is C[C@@H](NC(=O)C1=NN(C)C(=O)CC1)c1ccc2c(c1)OCCCO2. The summed E-state index contributed by atoms with van der Waals surface area (Å²) in [5.74, 6) is 1.09. The van der Waals surface area contributed by atoms with Gasteiger partial charge in [0.1, 0.15) is 5.71 Å². The lowest BCUT2D eigenvalue weighted by Crippen LogP contribution is -2.38. The van der Waals surface area contributed by atoms with E-state index in [2.05, 4.69) is 10.4 Å². The second kappa shape index (κ2) is 6.90. The first-order chi connectivity index (χ1) is 11.5. The molecule has 3 rings (SSSR count). The van der Waals surface area contributed by atoms with Gasteiger partial charge in [-0.15, -0.1) is 0 Å². The number of hydrogen-bond acceptors (Lipinski definition) is 5. The zero-order chi connectivity index (χ0) is 17.1. The van der Waals surface area contributed by atoms with Crippen molar-refractivity contribution in [1.29, 1.82) is 0 Å². The first kappa shape index (κ1) is 16.3. The molecule has 0 saturated carbocycles. The van der Waals surface area contributed by atoms with E-state index in [4.69, 9.17) is 9.47 Å². The number of carbonyl (C=O) groups is 2. The topological polar surface area (TPSA) is 80.2 Å². The monoisotopic (exact) mass is 331 g/mol. The van der Waals surface area contributed by atoms with Crippen LogP contribution in [0.25, 0.3) is 0 Å². The number of hydrogen-bond donors (Lipinski definition) is 1. The summed E-state index contributed by atoms with van der Waals surface area (Å²) in [6.07, 6.45) is 1.52. The molecule has 0 bridgehead atoms. The Labute approximate surface area is 140 Å². The van der Waals surface area contributed by atoms with Crippen LogP contribution < -0.4 is 14.8 Å². The highest BCUT2D eigenvalue weighted by atomic mass is 16.5. The van der Waals surface area contributed by atoms with Crippen molar-refractivity contribution in [2.45, 2.75) is 32.2 Å². The van der Waals surface area contributed by atoms with Crippen LogP contribution >= 0.6 is 0 Å². The van der Waals surface area contributed by atoms with E-state index in [9.17, 15) is 9.59 Å². The van der Waals surface area contributed by atoms with Gasteiger partial charge in [-0.25, -0.2) is 5.01 Å². The van der Waals surface area contributed by atoms with E-state index in [1.807, 2.05) is 25.1 Å². The highest BCUT2D eigenvalue weighted by Gasteiger charge is 2.23. The molecule has 1 atom stereocenters. The highest BCUT2D eigenvalue weighted by Crippen LogP contribution is 2.32. The highest BCUT2D eigenvalue weighted by molar-refractivity contribution is 6.39. The molecule has 0 saturated heterocycles. The third-order valence-electron chi connectivity index (χ3n) is 4.09. The minimum atomic E-state index is -0.256. The third kappa shape index (κ3) is 3.50. The molecule has 2 heterocycles. The molecule has 0 aliphatic carbocycles. The molecule has 0 unspecified atom stereocenters. The third-order valence-corrected chi connectivity index (χ3v) is 4.09. The van der Waals surface area contributed by atoms with Crippen molar-refractivity contribution in [1.82, 2.24) is 10.3 Å². The van der Waals surface area contributed by atoms with Crippen LogP contribution in [0.4, 0.5) is 0 Å². The van der Waals surface area contributed by atoms with Crippen LogP contribution in [0.5, 0.6) is 11.5 Å². The molecule has 1 N–H and O–H groups in total. The molecule has 24 heavy (non-hydrogen) atoms. The van der Waals surface area contributed by atoms with Gasteiger partial charge >= 0.3 is 0 Å². The molecule has 2 aliphatic rings. The number of benzene rings is 1. The number of hydrazone groups is 1. The average Bonchev–Trinajstić information content (AvgIpc) is 2.81. The first-order valence-electron chi connectivity index (χ1n) is 8.09. The van der Waals surface area contributed by atoms with Crippen LogP contribution in [-0.2, 0) is 9.59 Å². The lowest BCUT2D eigenvalue weighted by atomic mass is 10.1. The number of ether oxygens (including phenoxy) is 2. The van der Waals surface area contributed by atoms with E-state index < -0.39 is 0 Å². The zero-order valence-electron chi connectivity index (χ0n) is 13.9. The van der Waals surface area contributed by atoms with Gasteiger partial charge in [0.2, 0.25) is 5.91 Å². The van der Waals surface area contributed by atoms with Gasteiger partial charge in [-0.1, -0.05) is 6.07 Å². The van der Waals surface area contributed by atoms with Gasteiger partial charge in [-0.3, -0.25) is 9.59 Å². The standard InChI is InChI=1S/C17H21N3O4/c1-11(18-17(22)13-5-7-16(21)20(2)19-13)12-4-6-14-15(10-12)24-9-3-8-23-14/h4,6,10-11H,3,5,7-9H2,1-2H3,(H,18,22)/t11-/m1/s1. The fourth-order valence-corrected chi connectivity index (χ4v) is 2.65. The fraction of sp³-hybridized carbons (Fsp3) is 0.471. The lowest BCUT2D eigenvalue weighted by Gasteiger charge is -2.21. The number of fused-ring (bicyclic) bond motifs is 1. The number of rotatable bonds is 3. The summed E-state index contributed by atoms with van der Waals surface area (Å²) in [4.78, 5) is 23.8. The smallest absolute Gasteiger partial charge is 0.267 e. The molecule has 7 heteroatoms. The average molecular weight is 331 g/mol. The van der Waals surface area contributed by atoms with Gasteiger partial charge in [0.15, 0.2) is 11.5 Å². The Hall–Kier alpha value is -2.57. The predicted octanol–water partition coefficient (Wildman–Crippen LogP) is 1.63.